The van der Waals surface area contributed by atoms with Gasteiger partial charge in [0.25, 0.3) is 5.69 Å². The normalized spacial score (nSPS) is 16.2. The number of aromatic nitrogens is 1. The number of ether oxygens (including phenoxy) is 2. The minimum absolute atomic E-state index is 0.0815. The van der Waals surface area contributed by atoms with Crippen LogP contribution in [0.4, 0.5) is 16.2 Å². The molecule has 3 rings (SSSR count). The second kappa shape index (κ2) is 6.97. The first-order valence-electron chi connectivity index (χ1n) is 8.56. The van der Waals surface area contributed by atoms with E-state index in [0.29, 0.717) is 16.6 Å². The number of aromatic amines is 1. The van der Waals surface area contributed by atoms with Crippen molar-refractivity contribution in [1.29, 1.82) is 0 Å². The number of fused-ring (bicyclic) bond motifs is 3. The minimum atomic E-state index is -0.724. The van der Waals surface area contributed by atoms with E-state index in [2.05, 4.69) is 4.98 Å². The predicted molar refractivity (Wildman–Crippen MR) is 103 cm³/mol. The molecule has 2 aromatic rings. The third-order valence-electron chi connectivity index (χ3n) is 4.42. The van der Waals surface area contributed by atoms with Crippen molar-refractivity contribution in [2.75, 3.05) is 24.4 Å². The predicted octanol–water partition coefficient (Wildman–Crippen LogP) is 3.94. The molecular weight excluding hydrogens is 390 g/mol. The van der Waals surface area contributed by atoms with Gasteiger partial charge in [0, 0.05) is 29.8 Å². The molecule has 0 unspecified atom stereocenters. The number of nitrogens with zero attached hydrogens (tertiary/aromatic N) is 2. The van der Waals surface area contributed by atoms with Gasteiger partial charge in [-0.15, -0.1) is 11.6 Å². The van der Waals surface area contributed by atoms with E-state index in [1.54, 1.807) is 20.8 Å². The summed E-state index contributed by atoms with van der Waals surface area (Å²) in [5.74, 6) is -0.727. The number of carbonyl (C=O) groups is 2. The van der Waals surface area contributed by atoms with Crippen LogP contribution in [0.15, 0.2) is 12.1 Å². The van der Waals surface area contributed by atoms with Crippen molar-refractivity contribution >= 4 is 45.9 Å². The zero-order valence-electron chi connectivity index (χ0n) is 15.9. The SMILES string of the molecule is COC(=O)c1cc2c3c(cc([N+](=O)[O-])c2[nH]1)N(C(=O)OC(C)(C)C)C[C@H]3CCl. The second-order valence-corrected chi connectivity index (χ2v) is 7.80. The third-order valence-corrected chi connectivity index (χ3v) is 4.79. The molecule has 0 bridgehead atoms. The number of nitrogens with one attached hydrogen (secondary N) is 1. The Bertz CT molecular complexity index is 978. The molecule has 150 valence electrons. The van der Waals surface area contributed by atoms with Crippen molar-refractivity contribution in [3.63, 3.8) is 0 Å². The van der Waals surface area contributed by atoms with Crippen molar-refractivity contribution in [2.24, 2.45) is 0 Å². The number of benzene rings is 1. The Morgan fingerprint density at radius 3 is 2.61 bits per heavy atom. The van der Waals surface area contributed by atoms with Gasteiger partial charge in [0.1, 0.15) is 16.8 Å². The summed E-state index contributed by atoms with van der Waals surface area (Å²) < 4.78 is 10.1. The van der Waals surface area contributed by atoms with Crippen molar-refractivity contribution in [3.05, 3.63) is 33.5 Å². The maximum Gasteiger partial charge on any atom is 0.414 e. The number of hydrogen-bond acceptors (Lipinski definition) is 6. The van der Waals surface area contributed by atoms with E-state index in [1.807, 2.05) is 0 Å². The lowest BCUT2D eigenvalue weighted by atomic mass is 9.98. The molecule has 1 aromatic carbocycles. The molecule has 0 radical (unpaired) electrons. The number of carbonyl (C=O) groups excluding carboxylic acids is 2. The summed E-state index contributed by atoms with van der Waals surface area (Å²) in [7, 11) is 1.22. The van der Waals surface area contributed by atoms with E-state index in [0.717, 1.165) is 0 Å². The van der Waals surface area contributed by atoms with Gasteiger partial charge in [-0.25, -0.2) is 9.59 Å². The maximum absolute atomic E-state index is 12.7. The van der Waals surface area contributed by atoms with E-state index in [4.69, 9.17) is 21.1 Å². The summed E-state index contributed by atoms with van der Waals surface area (Å²) in [5, 5.41) is 12.1. The van der Waals surface area contributed by atoms with Crippen LogP contribution in [-0.2, 0) is 9.47 Å². The molecule has 9 nitrogen and oxygen atoms in total. The highest BCUT2D eigenvalue weighted by atomic mass is 35.5. The largest absolute Gasteiger partial charge is 0.464 e. The van der Waals surface area contributed by atoms with Gasteiger partial charge in [0.15, 0.2) is 0 Å². The summed E-state index contributed by atoms with van der Waals surface area (Å²) in [6, 6.07) is 2.80. The lowest BCUT2D eigenvalue weighted by Crippen LogP contribution is -2.36. The van der Waals surface area contributed by atoms with Gasteiger partial charge in [-0.1, -0.05) is 0 Å². The van der Waals surface area contributed by atoms with Crippen LogP contribution in [0.5, 0.6) is 0 Å². The Morgan fingerprint density at radius 1 is 1.39 bits per heavy atom. The summed E-state index contributed by atoms with van der Waals surface area (Å²) in [6.07, 6.45) is -0.612. The highest BCUT2D eigenvalue weighted by molar-refractivity contribution is 6.19. The molecular formula is C18H20ClN3O6. The molecule has 1 amide bonds. The molecule has 1 aromatic heterocycles. The zero-order valence-corrected chi connectivity index (χ0v) is 16.6. The smallest absolute Gasteiger partial charge is 0.414 e. The van der Waals surface area contributed by atoms with Crippen LogP contribution in [0.2, 0.25) is 0 Å². The second-order valence-electron chi connectivity index (χ2n) is 7.49. The number of methoxy groups -OCH3 is 1. The zero-order chi connectivity index (χ0) is 20.8. The molecule has 28 heavy (non-hydrogen) atoms. The molecule has 0 saturated heterocycles. The van der Waals surface area contributed by atoms with E-state index in [-0.39, 0.29) is 35.2 Å². The van der Waals surface area contributed by atoms with Crippen molar-refractivity contribution < 1.29 is 24.0 Å². The number of nitro benzene ring substituents is 1. The molecule has 1 atom stereocenters. The molecule has 0 fully saturated rings. The van der Waals surface area contributed by atoms with Crippen LogP contribution >= 0.6 is 11.6 Å². The molecule has 0 saturated carbocycles. The Hall–Kier alpha value is -2.81. The van der Waals surface area contributed by atoms with Gasteiger partial charge < -0.3 is 14.5 Å². The first-order chi connectivity index (χ1) is 13.1. The Balaban J connectivity index is 2.23. The number of non-ortho nitro benzene ring substituents is 1. The number of H-pyrrole nitrogens is 1. The molecule has 2 heterocycles. The summed E-state index contributed by atoms with van der Waals surface area (Å²) >= 11 is 6.12. The molecule has 0 aliphatic carbocycles. The Kier molecular flexibility index (Phi) is 4.97. The lowest BCUT2D eigenvalue weighted by molar-refractivity contribution is -0.383. The van der Waals surface area contributed by atoms with Crippen LogP contribution in [0, 0.1) is 10.1 Å². The number of hydrogen-bond donors (Lipinski definition) is 1. The number of anilines is 1. The van der Waals surface area contributed by atoms with E-state index < -0.39 is 22.6 Å². The highest BCUT2D eigenvalue weighted by Gasteiger charge is 2.38. The number of alkyl halides is 1. The van der Waals surface area contributed by atoms with Crippen LogP contribution in [0.1, 0.15) is 42.7 Å². The third kappa shape index (κ3) is 3.37. The van der Waals surface area contributed by atoms with Gasteiger partial charge >= 0.3 is 12.1 Å². The summed E-state index contributed by atoms with van der Waals surface area (Å²) in [6.45, 7) is 5.44. The Labute approximate surface area is 165 Å². The summed E-state index contributed by atoms with van der Waals surface area (Å²) in [5.41, 5.74) is 0.303. The first-order valence-corrected chi connectivity index (χ1v) is 9.09. The van der Waals surface area contributed by atoms with Crippen molar-refractivity contribution in [3.8, 4) is 0 Å². The average Bonchev–Trinajstić information content (AvgIpc) is 3.19. The lowest BCUT2D eigenvalue weighted by Gasteiger charge is -2.25. The minimum Gasteiger partial charge on any atom is -0.464 e. The monoisotopic (exact) mass is 409 g/mol. The molecule has 0 spiro atoms. The molecule has 1 N–H and O–H groups in total. The number of nitro groups is 1. The van der Waals surface area contributed by atoms with Gasteiger partial charge in [0.05, 0.1) is 17.7 Å². The Morgan fingerprint density at radius 2 is 2.07 bits per heavy atom. The number of amides is 1. The quantitative estimate of drug-likeness (QED) is 0.355. The van der Waals surface area contributed by atoms with Crippen molar-refractivity contribution in [2.45, 2.75) is 32.3 Å². The molecule has 10 heteroatoms. The standard InChI is InChI=1S/C18H20ClN3O6/c1-18(2,3)28-17(24)21-8-9(7-19)14-10-5-11(16(23)27-4)20-15(10)13(22(25)26)6-12(14)21/h5-6,9,20H,7-8H2,1-4H3/t9-/m1/s1. The van der Waals surface area contributed by atoms with Gasteiger partial charge in [-0.05, 0) is 32.4 Å². The molecule has 1 aliphatic heterocycles. The average molecular weight is 410 g/mol. The van der Waals surface area contributed by atoms with Crippen LogP contribution in [0.3, 0.4) is 0 Å². The first kappa shape index (κ1) is 19.9. The van der Waals surface area contributed by atoms with Crippen LogP contribution < -0.4 is 4.90 Å². The van der Waals surface area contributed by atoms with Gasteiger partial charge in [-0.2, -0.15) is 0 Å². The fourth-order valence-corrected chi connectivity index (χ4v) is 3.58. The van der Waals surface area contributed by atoms with Gasteiger partial charge in [0.2, 0.25) is 0 Å². The van der Waals surface area contributed by atoms with Crippen LogP contribution in [-0.4, -0.2) is 47.1 Å². The number of rotatable bonds is 3. The van der Waals surface area contributed by atoms with Gasteiger partial charge in [-0.3, -0.25) is 15.0 Å². The van der Waals surface area contributed by atoms with E-state index in [1.165, 1.54) is 24.1 Å². The van der Waals surface area contributed by atoms with E-state index >= 15 is 0 Å². The van der Waals surface area contributed by atoms with Crippen LogP contribution in [0.25, 0.3) is 10.9 Å². The number of esters is 1. The summed E-state index contributed by atoms with van der Waals surface area (Å²) in [4.78, 5) is 39.8. The van der Waals surface area contributed by atoms with Crippen molar-refractivity contribution in [1.82, 2.24) is 4.98 Å². The fraction of sp³-hybridized carbons (Fsp3) is 0.444. The highest BCUT2D eigenvalue weighted by Crippen LogP contribution is 2.46. The topological polar surface area (TPSA) is 115 Å². The molecule has 1 aliphatic rings. The fourth-order valence-electron chi connectivity index (χ4n) is 3.33. The number of halogens is 1. The maximum atomic E-state index is 12.7. The van der Waals surface area contributed by atoms with E-state index in [9.17, 15) is 19.7 Å².